The van der Waals surface area contributed by atoms with E-state index < -0.39 is 17.2 Å². The minimum absolute atomic E-state index is 0.0529. The molecule has 6 nitrogen and oxygen atoms in total. The molecule has 2 saturated heterocycles. The highest BCUT2D eigenvalue weighted by atomic mass is 16.6. The van der Waals surface area contributed by atoms with E-state index in [4.69, 9.17) is 4.74 Å². The van der Waals surface area contributed by atoms with Crippen LogP contribution in [0.1, 0.15) is 341 Å². The van der Waals surface area contributed by atoms with Crippen LogP contribution in [0.4, 0.5) is 5.69 Å². The van der Waals surface area contributed by atoms with E-state index in [1.54, 1.807) is 0 Å². The highest BCUT2D eigenvalue weighted by Gasteiger charge is 2.55. The number of para-hydroxylation sites is 1. The first-order valence-electron chi connectivity index (χ1n) is 33.9. The first-order valence-corrected chi connectivity index (χ1v) is 33.9. The quantitative estimate of drug-likeness (QED) is 0.309. The van der Waals surface area contributed by atoms with Gasteiger partial charge in [-0.15, -0.1) is 0 Å². The number of ether oxygens (including phenoxy) is 1. The maximum atomic E-state index is 15.5. The molecule has 2 atom stereocenters. The molecule has 0 saturated carbocycles. The Balaban J connectivity index is 1.25. The molecular formula is C71H123N3O3. The minimum Gasteiger partial charge on any atom is -0.458 e. The van der Waals surface area contributed by atoms with Gasteiger partial charge in [0.05, 0.1) is 6.67 Å². The van der Waals surface area contributed by atoms with Crippen LogP contribution < -0.4 is 10.2 Å². The van der Waals surface area contributed by atoms with Crippen LogP contribution in [0.2, 0.25) is 0 Å². The Bertz CT molecular complexity index is 1620. The molecule has 2 aliphatic heterocycles. The van der Waals surface area contributed by atoms with Gasteiger partial charge in [-0.2, -0.15) is 0 Å². The fraction of sp³-hybridized carbons (Fsp3) is 0.803. The monoisotopic (exact) mass is 1070 g/mol. The van der Waals surface area contributed by atoms with E-state index in [0.29, 0.717) is 13.1 Å². The zero-order valence-electron chi connectivity index (χ0n) is 51.0. The molecule has 1 N–H and O–H groups in total. The van der Waals surface area contributed by atoms with Gasteiger partial charge in [-0.05, 0) is 70.8 Å². The average molecular weight is 1070 g/mol. The van der Waals surface area contributed by atoms with Crippen molar-refractivity contribution in [2.75, 3.05) is 24.7 Å². The summed E-state index contributed by atoms with van der Waals surface area (Å²) in [5.41, 5.74) is 0.405. The lowest BCUT2D eigenvalue weighted by Crippen LogP contribution is -2.51. The SMILES string of the molecule is CC(C)(C)OC(=O)C(c1ccccc1)N1CN(c2ccccc2)C2(CCCCCCCCCCCCCCCCCCCCCCCCCCCCCCCCCCCCCCCCCCCCCCCCNCC2)C1=O. The van der Waals surface area contributed by atoms with Gasteiger partial charge in [0.25, 0.3) is 5.91 Å². The number of benzene rings is 2. The van der Waals surface area contributed by atoms with Gasteiger partial charge in [-0.25, -0.2) is 4.79 Å². The predicted molar refractivity (Wildman–Crippen MR) is 333 cm³/mol. The highest BCUT2D eigenvalue weighted by Crippen LogP contribution is 2.42. The normalized spacial score (nSPS) is 23.4. The standard InChI is InChI=1S/C71H123N3O3/c1-70(2,3)77-68(75)67(65-56-50-48-51-57-65)73-64-74(66-58-52-49-53-59-66)71(69(73)76)60-54-46-44-42-40-38-36-34-32-30-28-26-24-22-20-18-16-14-12-10-8-6-4-5-7-9-11-13-15-17-19-21-23-25-27-29-31-33-35-37-39-41-43-45-47-55-62-72-63-61-71/h48-53,56-59,67,72H,4-47,54-55,60-64H2,1-3H3. The average Bonchev–Trinajstić information content (AvgIpc) is 3.84. The molecule has 4 rings (SSSR count). The van der Waals surface area contributed by atoms with Crippen molar-refractivity contribution in [3.8, 4) is 0 Å². The van der Waals surface area contributed by atoms with Gasteiger partial charge in [-0.3, -0.25) is 4.79 Å². The van der Waals surface area contributed by atoms with Crippen LogP contribution in [0.25, 0.3) is 0 Å². The summed E-state index contributed by atoms with van der Waals surface area (Å²) in [4.78, 5) is 33.9. The van der Waals surface area contributed by atoms with Crippen molar-refractivity contribution in [1.82, 2.24) is 10.2 Å². The Labute approximate surface area is 477 Å². The second kappa shape index (κ2) is 43.9. The number of nitrogens with one attached hydrogen (secondary N) is 1. The topological polar surface area (TPSA) is 61.9 Å². The van der Waals surface area contributed by atoms with Crippen LogP contribution in [0.3, 0.4) is 0 Å². The summed E-state index contributed by atoms with van der Waals surface area (Å²) in [5, 5.41) is 3.80. The summed E-state index contributed by atoms with van der Waals surface area (Å²) in [6.45, 7) is 7.83. The third-order valence-electron chi connectivity index (χ3n) is 17.5. The minimum atomic E-state index is -0.821. The van der Waals surface area contributed by atoms with E-state index in [1.807, 2.05) is 56.0 Å². The lowest BCUT2D eigenvalue weighted by Gasteiger charge is -2.37. The van der Waals surface area contributed by atoms with Crippen molar-refractivity contribution >= 4 is 17.6 Å². The Morgan fingerprint density at radius 3 is 1.04 bits per heavy atom. The molecule has 0 bridgehead atoms. The molecule has 2 aromatic rings. The van der Waals surface area contributed by atoms with Crippen LogP contribution in [0.15, 0.2) is 60.7 Å². The van der Waals surface area contributed by atoms with Crippen LogP contribution in [-0.4, -0.2) is 47.7 Å². The molecule has 1 amide bonds. The van der Waals surface area contributed by atoms with Gasteiger partial charge >= 0.3 is 5.97 Å². The molecule has 77 heavy (non-hydrogen) atoms. The number of anilines is 1. The summed E-state index contributed by atoms with van der Waals surface area (Å²) in [6.07, 6.45) is 65.8. The summed E-state index contributed by atoms with van der Waals surface area (Å²) >= 11 is 0. The van der Waals surface area contributed by atoms with Crippen molar-refractivity contribution in [3.05, 3.63) is 66.2 Å². The van der Waals surface area contributed by atoms with Crippen molar-refractivity contribution in [3.63, 3.8) is 0 Å². The molecule has 1 spiro atoms. The molecule has 2 fully saturated rings. The lowest BCUT2D eigenvalue weighted by atomic mass is 9.85. The third-order valence-corrected chi connectivity index (χ3v) is 17.5. The van der Waals surface area contributed by atoms with E-state index >= 15 is 4.79 Å². The van der Waals surface area contributed by atoms with Gasteiger partial charge < -0.3 is 19.9 Å². The molecule has 2 heterocycles. The number of carbonyl (C=O) groups is 2. The van der Waals surface area contributed by atoms with E-state index in [2.05, 4.69) is 40.5 Å². The predicted octanol–water partition coefficient (Wildman–Crippen LogP) is 21.4. The van der Waals surface area contributed by atoms with Gasteiger partial charge in [0.1, 0.15) is 11.1 Å². The molecule has 2 aliphatic rings. The Morgan fingerprint density at radius 1 is 0.416 bits per heavy atom. The summed E-state index contributed by atoms with van der Waals surface area (Å²) in [6, 6.07) is 19.5. The van der Waals surface area contributed by atoms with E-state index in [-0.39, 0.29) is 11.9 Å². The van der Waals surface area contributed by atoms with Crippen molar-refractivity contribution in [2.24, 2.45) is 0 Å². The zero-order valence-corrected chi connectivity index (χ0v) is 51.0. The van der Waals surface area contributed by atoms with Gasteiger partial charge in [0.15, 0.2) is 6.04 Å². The maximum Gasteiger partial charge on any atom is 0.334 e. The lowest BCUT2D eigenvalue weighted by molar-refractivity contribution is -0.164. The molecule has 0 radical (unpaired) electrons. The summed E-state index contributed by atoms with van der Waals surface area (Å²) in [5.74, 6) is -0.313. The smallest absolute Gasteiger partial charge is 0.334 e. The molecule has 6 heteroatoms. The molecular weight excluding hydrogens is 943 g/mol. The first-order chi connectivity index (χ1) is 37.8. The summed E-state index contributed by atoms with van der Waals surface area (Å²) in [7, 11) is 0. The van der Waals surface area contributed by atoms with Gasteiger partial charge in [-0.1, -0.05) is 337 Å². The number of hydrogen-bond acceptors (Lipinski definition) is 5. The number of nitrogens with zero attached hydrogens (tertiary/aromatic N) is 2. The molecule has 0 aromatic heterocycles. The second-order valence-corrected chi connectivity index (χ2v) is 25.6. The van der Waals surface area contributed by atoms with Gasteiger partial charge in [0, 0.05) is 5.69 Å². The first kappa shape index (κ1) is 66.7. The largest absolute Gasteiger partial charge is 0.458 e. The number of rotatable bonds is 4. The number of hydrogen-bond donors (Lipinski definition) is 1. The van der Waals surface area contributed by atoms with Crippen LogP contribution in [0.5, 0.6) is 0 Å². The molecule has 2 aromatic carbocycles. The Hall–Kier alpha value is -2.86. The third kappa shape index (κ3) is 30.5. The maximum absolute atomic E-state index is 15.5. The molecule has 0 aliphatic carbocycles. The van der Waals surface area contributed by atoms with E-state index in [9.17, 15) is 4.79 Å². The van der Waals surface area contributed by atoms with Crippen molar-refractivity contribution in [1.29, 1.82) is 0 Å². The van der Waals surface area contributed by atoms with Gasteiger partial charge in [0.2, 0.25) is 0 Å². The molecule has 440 valence electrons. The second-order valence-electron chi connectivity index (χ2n) is 25.6. The fourth-order valence-electron chi connectivity index (χ4n) is 12.8. The molecule has 2 unspecified atom stereocenters. The number of carbonyl (C=O) groups excluding carboxylic acids is 2. The Kier molecular flexibility index (Phi) is 38.0. The number of amides is 1. The van der Waals surface area contributed by atoms with Crippen molar-refractivity contribution in [2.45, 2.75) is 346 Å². The van der Waals surface area contributed by atoms with Crippen molar-refractivity contribution < 1.29 is 14.3 Å². The van der Waals surface area contributed by atoms with E-state index in [0.717, 1.165) is 43.6 Å². The fourth-order valence-corrected chi connectivity index (χ4v) is 12.8. The van der Waals surface area contributed by atoms with Crippen LogP contribution in [-0.2, 0) is 14.3 Å². The van der Waals surface area contributed by atoms with Crippen LogP contribution >= 0.6 is 0 Å². The number of esters is 1. The summed E-state index contributed by atoms with van der Waals surface area (Å²) < 4.78 is 6.09. The van der Waals surface area contributed by atoms with E-state index in [1.165, 1.54) is 283 Å². The highest BCUT2D eigenvalue weighted by molar-refractivity contribution is 5.96. The zero-order chi connectivity index (χ0) is 54.6. The Morgan fingerprint density at radius 2 is 0.714 bits per heavy atom. The van der Waals surface area contributed by atoms with Crippen LogP contribution in [0, 0.1) is 0 Å².